The number of aromatic amines is 1. The van der Waals surface area contributed by atoms with Crippen molar-refractivity contribution in [3.63, 3.8) is 0 Å². The monoisotopic (exact) mass is 148 g/mol. The van der Waals surface area contributed by atoms with Crippen molar-refractivity contribution in [2.75, 3.05) is 7.11 Å². The van der Waals surface area contributed by atoms with Gasteiger partial charge in [0.15, 0.2) is 0 Å². The Hall–Kier alpha value is -1.51. The third-order valence-electron chi connectivity index (χ3n) is 1.63. The summed E-state index contributed by atoms with van der Waals surface area (Å²) in [6.45, 7) is 0. The Bertz CT molecular complexity index is 367. The Morgan fingerprint density at radius 3 is 3.18 bits per heavy atom. The molecule has 0 unspecified atom stereocenters. The minimum absolute atomic E-state index is 0.849. The first kappa shape index (κ1) is 6.22. The summed E-state index contributed by atoms with van der Waals surface area (Å²) in [5.74, 6) is 0.849. The highest BCUT2D eigenvalue weighted by Gasteiger charge is 1.95. The van der Waals surface area contributed by atoms with Gasteiger partial charge in [-0.3, -0.25) is 0 Å². The van der Waals surface area contributed by atoms with Gasteiger partial charge >= 0.3 is 0 Å². The Morgan fingerprint density at radius 1 is 1.45 bits per heavy atom. The van der Waals surface area contributed by atoms with Crippen LogP contribution in [0.25, 0.3) is 11.0 Å². The maximum atomic E-state index is 5.04. The molecule has 11 heavy (non-hydrogen) atoms. The summed E-state index contributed by atoms with van der Waals surface area (Å²) in [5, 5.41) is 0. The number of ether oxygens (including phenoxy) is 1. The average Bonchev–Trinajstić information content (AvgIpc) is 2.50. The van der Waals surface area contributed by atoms with Gasteiger partial charge in [-0.1, -0.05) is 0 Å². The van der Waals surface area contributed by atoms with Crippen molar-refractivity contribution < 1.29 is 4.74 Å². The molecule has 56 valence electrons. The lowest BCUT2D eigenvalue weighted by Crippen LogP contribution is -1.80. The second kappa shape index (κ2) is 2.27. The quantitative estimate of drug-likeness (QED) is 0.666. The van der Waals surface area contributed by atoms with E-state index in [4.69, 9.17) is 4.74 Å². The van der Waals surface area contributed by atoms with E-state index in [9.17, 15) is 0 Å². The first-order valence-corrected chi connectivity index (χ1v) is 3.37. The van der Waals surface area contributed by atoms with Crippen molar-refractivity contribution in [2.45, 2.75) is 0 Å². The van der Waals surface area contributed by atoms with E-state index in [0.29, 0.717) is 0 Å². The molecule has 0 bridgehead atoms. The summed E-state index contributed by atoms with van der Waals surface area (Å²) in [6.07, 6.45) is 1.67. The van der Waals surface area contributed by atoms with E-state index in [1.54, 1.807) is 13.4 Å². The largest absolute Gasteiger partial charge is 0.497 e. The van der Waals surface area contributed by atoms with Gasteiger partial charge in [-0.2, -0.15) is 0 Å². The van der Waals surface area contributed by atoms with Crippen LogP contribution < -0.4 is 4.74 Å². The molecular formula is C8H8N2O. The number of hydrogen-bond donors (Lipinski definition) is 1. The Balaban J connectivity index is 2.67. The maximum absolute atomic E-state index is 5.04. The van der Waals surface area contributed by atoms with Crippen LogP contribution >= 0.6 is 0 Å². The molecule has 1 aromatic heterocycles. The molecule has 1 aromatic carbocycles. The molecule has 2 aromatic rings. The van der Waals surface area contributed by atoms with Crippen LogP contribution in [0.2, 0.25) is 0 Å². The molecule has 0 saturated carbocycles. The molecule has 0 amide bonds. The van der Waals surface area contributed by atoms with Crippen LogP contribution in [-0.2, 0) is 0 Å². The van der Waals surface area contributed by atoms with Crippen LogP contribution in [0.15, 0.2) is 24.5 Å². The van der Waals surface area contributed by atoms with Crippen molar-refractivity contribution in [3.8, 4) is 5.75 Å². The van der Waals surface area contributed by atoms with E-state index in [0.717, 1.165) is 16.8 Å². The summed E-state index contributed by atoms with van der Waals surface area (Å²) in [5.41, 5.74) is 1.97. The van der Waals surface area contributed by atoms with Crippen LogP contribution in [-0.4, -0.2) is 17.1 Å². The van der Waals surface area contributed by atoms with Crippen LogP contribution in [0, 0.1) is 0 Å². The third kappa shape index (κ3) is 0.941. The highest BCUT2D eigenvalue weighted by molar-refractivity contribution is 5.75. The minimum atomic E-state index is 0.849. The van der Waals surface area contributed by atoms with Crippen molar-refractivity contribution in [1.82, 2.24) is 9.97 Å². The molecule has 0 aliphatic heterocycles. The summed E-state index contributed by atoms with van der Waals surface area (Å²) in [4.78, 5) is 7.09. The SMILES string of the molecule is COc1ccc2nc[nH]c2c1. The number of nitrogens with zero attached hydrogens (tertiary/aromatic N) is 1. The zero-order chi connectivity index (χ0) is 7.68. The standard InChI is InChI=1S/C8H8N2O/c1-11-6-2-3-7-8(4-6)10-5-9-7/h2-5H,1H3,(H,9,10). The molecule has 0 fully saturated rings. The molecule has 1 heterocycles. The van der Waals surface area contributed by atoms with Gasteiger partial charge in [-0.25, -0.2) is 4.98 Å². The van der Waals surface area contributed by atoms with Crippen LogP contribution in [0.1, 0.15) is 0 Å². The van der Waals surface area contributed by atoms with Gasteiger partial charge in [-0.15, -0.1) is 0 Å². The fourth-order valence-electron chi connectivity index (χ4n) is 1.04. The van der Waals surface area contributed by atoms with Gasteiger partial charge in [-0.05, 0) is 12.1 Å². The van der Waals surface area contributed by atoms with Crippen LogP contribution in [0.5, 0.6) is 5.75 Å². The molecule has 0 radical (unpaired) electrons. The van der Waals surface area contributed by atoms with Gasteiger partial charge < -0.3 is 9.72 Å². The molecular weight excluding hydrogens is 140 g/mol. The van der Waals surface area contributed by atoms with Gasteiger partial charge in [0, 0.05) is 6.07 Å². The normalized spacial score (nSPS) is 10.3. The van der Waals surface area contributed by atoms with Crippen molar-refractivity contribution in [3.05, 3.63) is 24.5 Å². The number of rotatable bonds is 1. The first-order chi connectivity index (χ1) is 5.40. The lowest BCUT2D eigenvalue weighted by atomic mass is 10.3. The first-order valence-electron chi connectivity index (χ1n) is 3.37. The number of imidazole rings is 1. The predicted molar refractivity (Wildman–Crippen MR) is 42.6 cm³/mol. The summed E-state index contributed by atoms with van der Waals surface area (Å²) in [7, 11) is 1.65. The smallest absolute Gasteiger partial charge is 0.121 e. The number of H-pyrrole nitrogens is 1. The van der Waals surface area contributed by atoms with Crippen LogP contribution in [0.3, 0.4) is 0 Å². The zero-order valence-electron chi connectivity index (χ0n) is 6.16. The average molecular weight is 148 g/mol. The second-order valence-electron chi connectivity index (χ2n) is 2.29. The number of methoxy groups -OCH3 is 1. The van der Waals surface area contributed by atoms with Gasteiger partial charge in [0.25, 0.3) is 0 Å². The van der Waals surface area contributed by atoms with E-state index < -0.39 is 0 Å². The minimum Gasteiger partial charge on any atom is -0.497 e. The van der Waals surface area contributed by atoms with E-state index in [1.807, 2.05) is 18.2 Å². The topological polar surface area (TPSA) is 37.9 Å². The number of hydrogen-bond acceptors (Lipinski definition) is 2. The molecule has 0 aliphatic rings. The van der Waals surface area contributed by atoms with Crippen LogP contribution in [0.4, 0.5) is 0 Å². The molecule has 0 aliphatic carbocycles. The number of fused-ring (bicyclic) bond motifs is 1. The second-order valence-corrected chi connectivity index (χ2v) is 2.29. The lowest BCUT2D eigenvalue weighted by molar-refractivity contribution is 0.415. The molecule has 2 rings (SSSR count). The van der Waals surface area contributed by atoms with Crippen molar-refractivity contribution in [2.24, 2.45) is 0 Å². The molecule has 0 saturated heterocycles. The molecule has 3 heteroatoms. The summed E-state index contributed by atoms with van der Waals surface area (Å²) < 4.78 is 5.04. The van der Waals surface area contributed by atoms with Gasteiger partial charge in [0.1, 0.15) is 5.75 Å². The fraction of sp³-hybridized carbons (Fsp3) is 0.125. The fourth-order valence-corrected chi connectivity index (χ4v) is 1.04. The summed E-state index contributed by atoms with van der Waals surface area (Å²) >= 11 is 0. The lowest BCUT2D eigenvalue weighted by Gasteiger charge is -1.96. The highest BCUT2D eigenvalue weighted by Crippen LogP contribution is 2.16. The zero-order valence-corrected chi connectivity index (χ0v) is 6.16. The molecule has 0 atom stereocenters. The Morgan fingerprint density at radius 2 is 2.36 bits per heavy atom. The van der Waals surface area contributed by atoms with Gasteiger partial charge in [0.2, 0.25) is 0 Å². The number of nitrogens with one attached hydrogen (secondary N) is 1. The van der Waals surface area contributed by atoms with Crippen molar-refractivity contribution >= 4 is 11.0 Å². The van der Waals surface area contributed by atoms with E-state index in [2.05, 4.69) is 9.97 Å². The molecule has 1 N–H and O–H groups in total. The Labute approximate surface area is 64.0 Å². The van der Waals surface area contributed by atoms with E-state index in [1.165, 1.54) is 0 Å². The highest BCUT2D eigenvalue weighted by atomic mass is 16.5. The predicted octanol–water partition coefficient (Wildman–Crippen LogP) is 1.57. The summed E-state index contributed by atoms with van der Waals surface area (Å²) in [6, 6.07) is 5.73. The van der Waals surface area contributed by atoms with E-state index in [-0.39, 0.29) is 0 Å². The maximum Gasteiger partial charge on any atom is 0.121 e. The molecule has 3 nitrogen and oxygen atoms in total. The third-order valence-corrected chi connectivity index (χ3v) is 1.63. The van der Waals surface area contributed by atoms with E-state index >= 15 is 0 Å². The number of benzene rings is 1. The number of aromatic nitrogens is 2. The molecule has 0 spiro atoms. The Kier molecular flexibility index (Phi) is 1.28. The van der Waals surface area contributed by atoms with Crippen molar-refractivity contribution in [1.29, 1.82) is 0 Å². The van der Waals surface area contributed by atoms with Gasteiger partial charge in [0.05, 0.1) is 24.5 Å².